The van der Waals surface area contributed by atoms with Gasteiger partial charge < -0.3 is 15.0 Å². The fourth-order valence-corrected chi connectivity index (χ4v) is 3.65. The lowest BCUT2D eigenvalue weighted by Crippen LogP contribution is -2.12. The number of nitrogens with one attached hydrogen (secondary N) is 1. The van der Waals surface area contributed by atoms with Crippen molar-refractivity contribution in [1.82, 2.24) is 4.98 Å². The van der Waals surface area contributed by atoms with Crippen molar-refractivity contribution in [3.05, 3.63) is 97.9 Å². The maximum atomic E-state index is 12.4. The smallest absolute Gasteiger partial charge is 0.363 e. The zero-order valence-corrected chi connectivity index (χ0v) is 20.1. The number of aliphatic imine (C=N–C) groups is 1. The van der Waals surface area contributed by atoms with E-state index in [0.29, 0.717) is 32.5 Å². The van der Waals surface area contributed by atoms with Gasteiger partial charge in [-0.2, -0.15) is 0 Å². The van der Waals surface area contributed by atoms with Crippen LogP contribution in [0.2, 0.25) is 0 Å². The summed E-state index contributed by atoms with van der Waals surface area (Å²) < 4.78 is 5.96. The third-order valence-corrected chi connectivity index (χ3v) is 5.39. The molecule has 1 aromatic heterocycles. The average molecular weight is 536 g/mol. The van der Waals surface area contributed by atoms with Crippen molar-refractivity contribution >= 4 is 56.8 Å². The van der Waals surface area contributed by atoms with Gasteiger partial charge in [-0.3, -0.25) is 19.9 Å². The molecule has 11 heteroatoms. The lowest BCUT2D eigenvalue weighted by molar-refractivity contribution is -0.384. The molecule has 176 valence electrons. The summed E-state index contributed by atoms with van der Waals surface area (Å²) in [6.07, 6.45) is 4.47. The van der Waals surface area contributed by atoms with E-state index in [2.05, 4.69) is 31.2 Å². The number of hydrogen-bond acceptors (Lipinski definition) is 8. The Labute approximate surface area is 208 Å². The van der Waals surface area contributed by atoms with Gasteiger partial charge in [0.1, 0.15) is 5.69 Å². The van der Waals surface area contributed by atoms with Crippen LogP contribution in [0.1, 0.15) is 21.5 Å². The number of benzene rings is 2. The summed E-state index contributed by atoms with van der Waals surface area (Å²) in [5.74, 6) is -0.899. The molecule has 2 heterocycles. The molecule has 1 amide bonds. The van der Waals surface area contributed by atoms with E-state index in [1.165, 1.54) is 18.3 Å². The molecule has 0 saturated heterocycles. The summed E-state index contributed by atoms with van der Waals surface area (Å²) in [4.78, 5) is 45.5. The Bertz CT molecular complexity index is 1400. The predicted octanol–water partition coefficient (Wildman–Crippen LogP) is 4.42. The van der Waals surface area contributed by atoms with Crippen molar-refractivity contribution in [2.45, 2.75) is 0 Å². The molecule has 0 atom stereocenters. The van der Waals surface area contributed by atoms with Gasteiger partial charge in [0.05, 0.1) is 10.5 Å². The highest BCUT2D eigenvalue weighted by molar-refractivity contribution is 9.10. The quantitative estimate of drug-likeness (QED) is 0.214. The molecular formula is C24H18BrN5O5. The number of cyclic esters (lactones) is 1. The number of esters is 1. The van der Waals surface area contributed by atoms with Crippen molar-refractivity contribution in [2.75, 3.05) is 24.3 Å². The molecule has 0 bridgehead atoms. The van der Waals surface area contributed by atoms with Crippen LogP contribution in [-0.4, -0.2) is 41.8 Å². The number of nitrogens with zero attached hydrogens (tertiary/aromatic N) is 4. The number of amides is 1. The molecule has 35 heavy (non-hydrogen) atoms. The van der Waals surface area contributed by atoms with Gasteiger partial charge in [-0.25, -0.2) is 9.79 Å². The van der Waals surface area contributed by atoms with Crippen LogP contribution in [0.15, 0.2) is 76.1 Å². The fourth-order valence-electron chi connectivity index (χ4n) is 3.28. The van der Waals surface area contributed by atoms with E-state index in [4.69, 9.17) is 4.74 Å². The number of halogens is 1. The Hall–Kier alpha value is -4.38. The Morgan fingerprint density at radius 2 is 1.89 bits per heavy atom. The Balaban J connectivity index is 1.53. The number of nitro groups is 1. The summed E-state index contributed by atoms with van der Waals surface area (Å²) in [7, 11) is 3.42. The topological polar surface area (TPSA) is 127 Å². The molecular weight excluding hydrogens is 518 g/mol. The molecule has 0 unspecified atom stereocenters. The van der Waals surface area contributed by atoms with E-state index in [1.807, 2.05) is 0 Å². The Morgan fingerprint density at radius 3 is 2.54 bits per heavy atom. The lowest BCUT2D eigenvalue weighted by Gasteiger charge is -2.12. The second kappa shape index (κ2) is 9.85. The summed E-state index contributed by atoms with van der Waals surface area (Å²) in [6.45, 7) is 0. The van der Waals surface area contributed by atoms with Crippen molar-refractivity contribution in [3.63, 3.8) is 0 Å². The first-order valence-electron chi connectivity index (χ1n) is 10.2. The van der Waals surface area contributed by atoms with E-state index < -0.39 is 10.9 Å². The molecule has 0 radical (unpaired) electrons. The van der Waals surface area contributed by atoms with Crippen LogP contribution < -0.4 is 10.2 Å². The Morgan fingerprint density at radius 1 is 1.14 bits per heavy atom. The summed E-state index contributed by atoms with van der Waals surface area (Å²) in [6, 6.07) is 12.9. The lowest BCUT2D eigenvalue weighted by atomic mass is 10.1. The van der Waals surface area contributed by atoms with Gasteiger partial charge in [-0.05, 0) is 64.0 Å². The summed E-state index contributed by atoms with van der Waals surface area (Å²) in [5, 5.41) is 14.2. The molecule has 0 saturated carbocycles. The van der Waals surface area contributed by atoms with Gasteiger partial charge in [0.2, 0.25) is 5.90 Å². The highest BCUT2D eigenvalue weighted by Crippen LogP contribution is 2.29. The molecule has 0 aliphatic carbocycles. The third-order valence-electron chi connectivity index (χ3n) is 4.96. The van der Waals surface area contributed by atoms with Crippen molar-refractivity contribution < 1.29 is 19.2 Å². The van der Waals surface area contributed by atoms with Crippen LogP contribution in [0.3, 0.4) is 0 Å². The standard InChI is InChI=1S/C24H18BrN5O5/c1-29(2)20-8-3-14(10-21(20)30(33)34)9-19-24(32)35-23(28-19)15-4-6-18(7-5-15)27-22(31)16-11-17(25)13-26-12-16/h3-13H,1-2H3,(H,27,31). The van der Waals surface area contributed by atoms with Crippen LogP contribution in [0.4, 0.5) is 17.1 Å². The minimum absolute atomic E-state index is 0.0198. The molecule has 4 rings (SSSR count). The number of anilines is 2. The van der Waals surface area contributed by atoms with Crippen LogP contribution in [0, 0.1) is 10.1 Å². The number of carbonyl (C=O) groups excluding carboxylic acids is 2. The maximum absolute atomic E-state index is 12.4. The van der Waals surface area contributed by atoms with Crippen LogP contribution in [0.5, 0.6) is 0 Å². The molecule has 2 aromatic carbocycles. The van der Waals surface area contributed by atoms with Gasteiger partial charge in [0.15, 0.2) is 5.70 Å². The van der Waals surface area contributed by atoms with Gasteiger partial charge in [-0.15, -0.1) is 0 Å². The van der Waals surface area contributed by atoms with Crippen LogP contribution >= 0.6 is 15.9 Å². The van der Waals surface area contributed by atoms with Crippen LogP contribution in [0.25, 0.3) is 6.08 Å². The highest BCUT2D eigenvalue weighted by Gasteiger charge is 2.25. The minimum atomic E-state index is -0.668. The van der Waals surface area contributed by atoms with Crippen molar-refractivity contribution in [2.24, 2.45) is 4.99 Å². The second-order valence-electron chi connectivity index (χ2n) is 7.66. The Kier molecular flexibility index (Phi) is 6.69. The monoisotopic (exact) mass is 535 g/mol. The molecule has 1 N–H and O–H groups in total. The largest absolute Gasteiger partial charge is 0.402 e. The van der Waals surface area contributed by atoms with Gasteiger partial charge >= 0.3 is 5.97 Å². The normalized spacial score (nSPS) is 13.9. The first-order valence-corrected chi connectivity index (χ1v) is 11.0. The number of rotatable bonds is 6. The first kappa shape index (κ1) is 23.8. The number of aromatic nitrogens is 1. The average Bonchev–Trinajstić information content (AvgIpc) is 3.19. The second-order valence-corrected chi connectivity index (χ2v) is 8.57. The van der Waals surface area contributed by atoms with E-state index in [9.17, 15) is 19.7 Å². The molecule has 0 spiro atoms. The number of ether oxygens (including phenoxy) is 1. The number of nitro benzene ring substituents is 1. The van der Waals surface area contributed by atoms with Gasteiger partial charge in [-0.1, -0.05) is 6.07 Å². The molecule has 10 nitrogen and oxygen atoms in total. The molecule has 0 fully saturated rings. The van der Waals surface area contributed by atoms with Crippen molar-refractivity contribution in [3.8, 4) is 0 Å². The summed E-state index contributed by atoms with van der Waals surface area (Å²) in [5.41, 5.74) is 2.28. The number of carbonyl (C=O) groups is 2. The molecule has 3 aromatic rings. The van der Waals surface area contributed by atoms with Crippen molar-refractivity contribution in [1.29, 1.82) is 0 Å². The van der Waals surface area contributed by atoms with Gasteiger partial charge in [0, 0.05) is 48.3 Å². The summed E-state index contributed by atoms with van der Waals surface area (Å²) >= 11 is 3.28. The predicted molar refractivity (Wildman–Crippen MR) is 134 cm³/mol. The fraction of sp³-hybridized carbons (Fsp3) is 0.0833. The molecule has 1 aliphatic heterocycles. The van der Waals surface area contributed by atoms with E-state index in [0.717, 1.165) is 0 Å². The maximum Gasteiger partial charge on any atom is 0.363 e. The van der Waals surface area contributed by atoms with E-state index >= 15 is 0 Å². The minimum Gasteiger partial charge on any atom is -0.402 e. The van der Waals surface area contributed by atoms with Crippen LogP contribution in [-0.2, 0) is 9.53 Å². The SMILES string of the molecule is CN(C)c1ccc(C=C2N=C(c3ccc(NC(=O)c4cncc(Br)c4)cc3)OC2=O)cc1[N+](=O)[O-]. The van der Waals surface area contributed by atoms with E-state index in [1.54, 1.807) is 67.7 Å². The zero-order valence-electron chi connectivity index (χ0n) is 18.6. The van der Waals surface area contributed by atoms with Gasteiger partial charge in [0.25, 0.3) is 11.6 Å². The number of pyridine rings is 1. The van der Waals surface area contributed by atoms with E-state index in [-0.39, 0.29) is 23.2 Å². The number of hydrogen-bond donors (Lipinski definition) is 1. The first-order chi connectivity index (χ1) is 16.7. The highest BCUT2D eigenvalue weighted by atomic mass is 79.9. The molecule has 1 aliphatic rings. The zero-order chi connectivity index (χ0) is 25.1. The third kappa shape index (κ3) is 5.41.